The second-order valence-corrected chi connectivity index (χ2v) is 4.75. The standard InChI is InChI=1S/C17H14N2O3/c1-12-18-16(22-19-12)11-21-17(20)15-9-7-14(8-10-15)13-5-3-2-4-6-13/h2-10H,11H2,1H3. The van der Waals surface area contributed by atoms with Gasteiger partial charge in [-0.1, -0.05) is 47.6 Å². The Hall–Kier alpha value is -2.95. The van der Waals surface area contributed by atoms with Gasteiger partial charge < -0.3 is 9.26 Å². The Labute approximate surface area is 127 Å². The normalized spacial score (nSPS) is 10.4. The third-order valence-corrected chi connectivity index (χ3v) is 3.12. The van der Waals surface area contributed by atoms with Crippen LogP contribution in [0.25, 0.3) is 11.1 Å². The molecule has 0 saturated heterocycles. The number of hydrogen-bond acceptors (Lipinski definition) is 5. The molecule has 0 spiro atoms. The van der Waals surface area contributed by atoms with Crippen LogP contribution in [0, 0.1) is 6.92 Å². The molecule has 2 aromatic carbocycles. The van der Waals surface area contributed by atoms with Crippen molar-refractivity contribution in [1.82, 2.24) is 10.1 Å². The topological polar surface area (TPSA) is 65.2 Å². The third-order valence-electron chi connectivity index (χ3n) is 3.12. The molecule has 0 unspecified atom stereocenters. The number of esters is 1. The zero-order valence-electron chi connectivity index (χ0n) is 12.0. The number of ether oxygens (including phenoxy) is 1. The molecule has 0 aliphatic rings. The van der Waals surface area contributed by atoms with E-state index >= 15 is 0 Å². The fraction of sp³-hybridized carbons (Fsp3) is 0.118. The molecule has 0 fully saturated rings. The summed E-state index contributed by atoms with van der Waals surface area (Å²) in [7, 11) is 0. The van der Waals surface area contributed by atoms with Crippen LogP contribution in [0.15, 0.2) is 59.1 Å². The summed E-state index contributed by atoms with van der Waals surface area (Å²) >= 11 is 0. The number of nitrogens with zero attached hydrogens (tertiary/aromatic N) is 2. The van der Waals surface area contributed by atoms with Crippen LogP contribution in [0.1, 0.15) is 22.1 Å². The first-order valence-electron chi connectivity index (χ1n) is 6.84. The molecular weight excluding hydrogens is 280 g/mol. The van der Waals surface area contributed by atoms with E-state index in [1.165, 1.54) is 0 Å². The molecule has 0 aliphatic carbocycles. The Morgan fingerprint density at radius 1 is 1.05 bits per heavy atom. The van der Waals surface area contributed by atoms with Gasteiger partial charge in [0.2, 0.25) is 0 Å². The molecule has 3 rings (SSSR count). The van der Waals surface area contributed by atoms with Crippen LogP contribution < -0.4 is 0 Å². The highest BCUT2D eigenvalue weighted by molar-refractivity contribution is 5.90. The van der Waals surface area contributed by atoms with Gasteiger partial charge >= 0.3 is 5.97 Å². The molecule has 110 valence electrons. The van der Waals surface area contributed by atoms with Crippen molar-refractivity contribution in [3.8, 4) is 11.1 Å². The summed E-state index contributed by atoms with van der Waals surface area (Å²) in [6, 6.07) is 17.2. The highest BCUT2D eigenvalue weighted by atomic mass is 16.6. The zero-order chi connectivity index (χ0) is 15.4. The maximum Gasteiger partial charge on any atom is 0.338 e. The number of carbonyl (C=O) groups excluding carboxylic acids is 1. The van der Waals surface area contributed by atoms with Gasteiger partial charge in [0.05, 0.1) is 5.56 Å². The van der Waals surface area contributed by atoms with E-state index in [2.05, 4.69) is 10.1 Å². The highest BCUT2D eigenvalue weighted by Crippen LogP contribution is 2.19. The summed E-state index contributed by atoms with van der Waals surface area (Å²) in [5.74, 6) is 0.375. The van der Waals surface area contributed by atoms with Crippen molar-refractivity contribution in [2.45, 2.75) is 13.5 Å². The van der Waals surface area contributed by atoms with Crippen molar-refractivity contribution in [3.63, 3.8) is 0 Å². The van der Waals surface area contributed by atoms with Gasteiger partial charge in [0, 0.05) is 0 Å². The van der Waals surface area contributed by atoms with Crippen LogP contribution in [-0.4, -0.2) is 16.1 Å². The van der Waals surface area contributed by atoms with E-state index in [0.29, 0.717) is 11.4 Å². The minimum atomic E-state index is -0.421. The minimum Gasteiger partial charge on any atom is -0.452 e. The Morgan fingerprint density at radius 3 is 2.36 bits per heavy atom. The first-order valence-corrected chi connectivity index (χ1v) is 6.84. The number of carbonyl (C=O) groups is 1. The minimum absolute atomic E-state index is 0.0277. The molecule has 5 nitrogen and oxygen atoms in total. The fourth-order valence-corrected chi connectivity index (χ4v) is 2.04. The lowest BCUT2D eigenvalue weighted by molar-refractivity contribution is 0.0430. The van der Waals surface area contributed by atoms with Gasteiger partial charge in [-0.15, -0.1) is 0 Å². The van der Waals surface area contributed by atoms with Crippen molar-refractivity contribution < 1.29 is 14.1 Å². The van der Waals surface area contributed by atoms with E-state index in [1.807, 2.05) is 42.5 Å². The molecule has 0 radical (unpaired) electrons. The van der Waals surface area contributed by atoms with Crippen molar-refractivity contribution >= 4 is 5.97 Å². The summed E-state index contributed by atoms with van der Waals surface area (Å²) in [6.07, 6.45) is 0. The maximum absolute atomic E-state index is 12.0. The van der Waals surface area contributed by atoms with Gasteiger partial charge in [0.15, 0.2) is 12.4 Å². The highest BCUT2D eigenvalue weighted by Gasteiger charge is 2.10. The second kappa shape index (κ2) is 6.22. The monoisotopic (exact) mass is 294 g/mol. The number of aromatic nitrogens is 2. The summed E-state index contributed by atoms with van der Waals surface area (Å²) in [5.41, 5.74) is 2.63. The Bertz CT molecular complexity index is 764. The summed E-state index contributed by atoms with van der Waals surface area (Å²) < 4.78 is 10.0. The predicted octanol–water partition coefficient (Wildman–Crippen LogP) is 3.40. The third kappa shape index (κ3) is 3.20. The number of hydrogen-bond donors (Lipinski definition) is 0. The first-order chi connectivity index (χ1) is 10.7. The second-order valence-electron chi connectivity index (χ2n) is 4.75. The molecule has 1 aromatic heterocycles. The SMILES string of the molecule is Cc1noc(COC(=O)c2ccc(-c3ccccc3)cc2)n1. The smallest absolute Gasteiger partial charge is 0.338 e. The zero-order valence-corrected chi connectivity index (χ0v) is 12.0. The molecule has 3 aromatic rings. The van der Waals surface area contributed by atoms with Crippen LogP contribution >= 0.6 is 0 Å². The van der Waals surface area contributed by atoms with E-state index in [9.17, 15) is 4.79 Å². The van der Waals surface area contributed by atoms with Crippen LogP contribution in [0.3, 0.4) is 0 Å². The average Bonchev–Trinajstić information content (AvgIpc) is 2.99. The molecule has 0 saturated carbocycles. The van der Waals surface area contributed by atoms with E-state index < -0.39 is 5.97 Å². The van der Waals surface area contributed by atoms with E-state index in [1.54, 1.807) is 19.1 Å². The average molecular weight is 294 g/mol. The lowest BCUT2D eigenvalue weighted by Gasteiger charge is -2.04. The van der Waals surface area contributed by atoms with Crippen LogP contribution in [0.2, 0.25) is 0 Å². The van der Waals surface area contributed by atoms with Crippen molar-refractivity contribution in [2.75, 3.05) is 0 Å². The Morgan fingerprint density at radius 2 is 1.73 bits per heavy atom. The van der Waals surface area contributed by atoms with Gasteiger partial charge in [-0.3, -0.25) is 0 Å². The first kappa shape index (κ1) is 14.0. The van der Waals surface area contributed by atoms with Gasteiger partial charge in [-0.05, 0) is 30.2 Å². The fourth-order valence-electron chi connectivity index (χ4n) is 2.04. The van der Waals surface area contributed by atoms with E-state index in [0.717, 1.165) is 11.1 Å². The van der Waals surface area contributed by atoms with Crippen molar-refractivity contribution in [1.29, 1.82) is 0 Å². The van der Waals surface area contributed by atoms with Gasteiger partial charge in [0.25, 0.3) is 5.89 Å². The molecule has 22 heavy (non-hydrogen) atoms. The van der Waals surface area contributed by atoms with Crippen LogP contribution in [0.4, 0.5) is 0 Å². The largest absolute Gasteiger partial charge is 0.452 e. The number of rotatable bonds is 4. The van der Waals surface area contributed by atoms with Crippen LogP contribution in [-0.2, 0) is 11.3 Å². The number of benzene rings is 2. The summed E-state index contributed by atoms with van der Waals surface area (Å²) in [5, 5.41) is 3.64. The van der Waals surface area contributed by atoms with Crippen LogP contribution in [0.5, 0.6) is 0 Å². The molecule has 1 heterocycles. The van der Waals surface area contributed by atoms with E-state index in [4.69, 9.17) is 9.26 Å². The Balaban J connectivity index is 1.66. The molecule has 0 N–H and O–H groups in total. The maximum atomic E-state index is 12.0. The van der Waals surface area contributed by atoms with Gasteiger partial charge in [-0.2, -0.15) is 4.98 Å². The molecule has 0 atom stereocenters. The van der Waals surface area contributed by atoms with Gasteiger partial charge in [-0.25, -0.2) is 4.79 Å². The van der Waals surface area contributed by atoms with Gasteiger partial charge in [0.1, 0.15) is 0 Å². The van der Waals surface area contributed by atoms with Crippen molar-refractivity contribution in [3.05, 3.63) is 71.9 Å². The summed E-state index contributed by atoms with van der Waals surface area (Å²) in [6.45, 7) is 1.68. The molecular formula is C17H14N2O3. The Kier molecular flexibility index (Phi) is 3.96. The number of aryl methyl sites for hydroxylation is 1. The quantitative estimate of drug-likeness (QED) is 0.690. The lowest BCUT2D eigenvalue weighted by atomic mass is 10.0. The lowest BCUT2D eigenvalue weighted by Crippen LogP contribution is -2.05. The van der Waals surface area contributed by atoms with Crippen molar-refractivity contribution in [2.24, 2.45) is 0 Å². The molecule has 0 amide bonds. The molecule has 0 aliphatic heterocycles. The molecule has 0 bridgehead atoms. The summed E-state index contributed by atoms with van der Waals surface area (Å²) in [4.78, 5) is 15.9. The molecule has 5 heteroatoms. The van der Waals surface area contributed by atoms with E-state index in [-0.39, 0.29) is 12.5 Å². The predicted molar refractivity (Wildman–Crippen MR) is 80.0 cm³/mol.